The molecule has 2 N–H and O–H groups in total. The molecule has 0 saturated carbocycles. The fourth-order valence-electron chi connectivity index (χ4n) is 1.68. The second kappa shape index (κ2) is 6.18. The topological polar surface area (TPSA) is 75.5 Å². The van der Waals surface area contributed by atoms with Crippen molar-refractivity contribution >= 4 is 17.3 Å². The Bertz CT molecular complexity index is 585. The fraction of sp³-hybridized carbons (Fsp3) is 0.357. The van der Waals surface area contributed by atoms with E-state index in [0.717, 1.165) is 5.52 Å². The number of carbonyl (C=O) groups excluding carboxylic acids is 2. The molecule has 0 fully saturated rings. The fourth-order valence-corrected chi connectivity index (χ4v) is 1.68. The summed E-state index contributed by atoms with van der Waals surface area (Å²) in [6.07, 6.45) is 1.77. The largest absolute Gasteiger partial charge is 0.354 e. The van der Waals surface area contributed by atoms with Crippen LogP contribution in [-0.2, 0) is 4.79 Å². The molecule has 6 nitrogen and oxygen atoms in total. The molecule has 2 aromatic heterocycles. The van der Waals surface area contributed by atoms with E-state index >= 15 is 0 Å². The molecule has 2 heterocycles. The van der Waals surface area contributed by atoms with Gasteiger partial charge in [-0.1, -0.05) is 19.9 Å². The van der Waals surface area contributed by atoms with Crippen LogP contribution in [-0.4, -0.2) is 34.5 Å². The number of hydrogen-bond donors (Lipinski definition) is 2. The van der Waals surface area contributed by atoms with Crippen molar-refractivity contribution < 1.29 is 9.59 Å². The Morgan fingerprint density at radius 3 is 2.80 bits per heavy atom. The van der Waals surface area contributed by atoms with Gasteiger partial charge in [0.15, 0.2) is 5.69 Å². The highest BCUT2D eigenvalue weighted by molar-refractivity contribution is 5.95. The quantitative estimate of drug-likeness (QED) is 0.848. The van der Waals surface area contributed by atoms with Crippen molar-refractivity contribution in [2.24, 2.45) is 5.92 Å². The monoisotopic (exact) mass is 274 g/mol. The van der Waals surface area contributed by atoms with E-state index in [0.29, 0.717) is 18.2 Å². The number of hydrogen-bond acceptors (Lipinski definition) is 3. The lowest BCUT2D eigenvalue weighted by molar-refractivity contribution is -0.120. The molecule has 0 aliphatic carbocycles. The Balaban J connectivity index is 1.90. The molecule has 2 amide bonds. The zero-order valence-corrected chi connectivity index (χ0v) is 11.6. The summed E-state index contributed by atoms with van der Waals surface area (Å²) in [6, 6.07) is 7.25. The van der Waals surface area contributed by atoms with E-state index < -0.39 is 0 Å². The van der Waals surface area contributed by atoms with Gasteiger partial charge >= 0.3 is 0 Å². The molecule has 0 aliphatic rings. The van der Waals surface area contributed by atoms with Crippen LogP contribution >= 0.6 is 0 Å². The summed E-state index contributed by atoms with van der Waals surface area (Å²) in [5, 5.41) is 9.43. The smallest absolute Gasteiger partial charge is 0.272 e. The van der Waals surface area contributed by atoms with Crippen molar-refractivity contribution in [1.82, 2.24) is 20.2 Å². The molecule has 6 heteroatoms. The maximum atomic E-state index is 11.9. The second-order valence-electron chi connectivity index (χ2n) is 4.98. The Morgan fingerprint density at radius 1 is 1.30 bits per heavy atom. The Morgan fingerprint density at radius 2 is 2.10 bits per heavy atom. The van der Waals surface area contributed by atoms with Gasteiger partial charge in [0.2, 0.25) is 5.91 Å². The number of nitrogens with one attached hydrogen (secondary N) is 2. The lowest BCUT2D eigenvalue weighted by Gasteiger charge is -2.07. The maximum Gasteiger partial charge on any atom is 0.272 e. The normalized spacial score (nSPS) is 10.8. The van der Waals surface area contributed by atoms with Crippen molar-refractivity contribution in [3.63, 3.8) is 0 Å². The first-order valence-corrected chi connectivity index (χ1v) is 6.55. The standard InChI is InChI=1S/C14H18N4O2/c1-10(2)8-15-13(19)9-16-14(20)12-7-11-5-3-4-6-18(11)17-12/h3-7,10H,8-9H2,1-2H3,(H,15,19)(H,16,20). The highest BCUT2D eigenvalue weighted by Crippen LogP contribution is 2.05. The van der Waals surface area contributed by atoms with Gasteiger partial charge in [-0.15, -0.1) is 0 Å². The van der Waals surface area contributed by atoms with Gasteiger partial charge in [0.05, 0.1) is 12.1 Å². The minimum atomic E-state index is -0.353. The van der Waals surface area contributed by atoms with Gasteiger partial charge in [-0.25, -0.2) is 4.52 Å². The second-order valence-corrected chi connectivity index (χ2v) is 4.98. The van der Waals surface area contributed by atoms with Gasteiger partial charge in [-0.2, -0.15) is 5.10 Å². The number of fused-ring (bicyclic) bond motifs is 1. The van der Waals surface area contributed by atoms with Crippen LogP contribution in [0.5, 0.6) is 0 Å². The number of aromatic nitrogens is 2. The molecule has 0 radical (unpaired) electrons. The van der Waals surface area contributed by atoms with Crippen LogP contribution < -0.4 is 10.6 Å². The Hall–Kier alpha value is -2.37. The van der Waals surface area contributed by atoms with E-state index in [1.807, 2.05) is 32.0 Å². The highest BCUT2D eigenvalue weighted by atomic mass is 16.2. The molecule has 0 unspecified atom stereocenters. The lowest BCUT2D eigenvalue weighted by atomic mass is 10.2. The van der Waals surface area contributed by atoms with E-state index in [-0.39, 0.29) is 18.4 Å². The van der Waals surface area contributed by atoms with Gasteiger partial charge in [-0.3, -0.25) is 9.59 Å². The highest BCUT2D eigenvalue weighted by Gasteiger charge is 2.11. The third kappa shape index (κ3) is 3.57. The van der Waals surface area contributed by atoms with E-state index in [2.05, 4.69) is 15.7 Å². The van der Waals surface area contributed by atoms with Crippen LogP contribution in [0.2, 0.25) is 0 Å². The van der Waals surface area contributed by atoms with Crippen LogP contribution in [0.1, 0.15) is 24.3 Å². The lowest BCUT2D eigenvalue weighted by Crippen LogP contribution is -2.38. The van der Waals surface area contributed by atoms with Gasteiger partial charge < -0.3 is 10.6 Å². The van der Waals surface area contributed by atoms with Crippen LogP contribution in [0, 0.1) is 5.92 Å². The van der Waals surface area contributed by atoms with Crippen molar-refractivity contribution in [3.05, 3.63) is 36.2 Å². The summed E-state index contributed by atoms with van der Waals surface area (Å²) in [5.74, 6) is -0.169. The van der Waals surface area contributed by atoms with Crippen LogP contribution in [0.15, 0.2) is 30.5 Å². The number of carbonyl (C=O) groups is 2. The van der Waals surface area contributed by atoms with Gasteiger partial charge in [0.25, 0.3) is 5.91 Å². The van der Waals surface area contributed by atoms with Crippen molar-refractivity contribution in [3.8, 4) is 0 Å². The first kappa shape index (κ1) is 14.0. The summed E-state index contributed by atoms with van der Waals surface area (Å²) < 4.78 is 1.62. The Kier molecular flexibility index (Phi) is 4.34. The predicted molar refractivity (Wildman–Crippen MR) is 75.4 cm³/mol. The molecular formula is C14H18N4O2. The average Bonchev–Trinajstić information content (AvgIpc) is 2.86. The molecule has 0 aliphatic heterocycles. The maximum absolute atomic E-state index is 11.9. The summed E-state index contributed by atoms with van der Waals surface area (Å²) in [7, 11) is 0. The molecule has 0 bridgehead atoms. The minimum Gasteiger partial charge on any atom is -0.354 e. The molecule has 106 valence electrons. The third-order valence-corrected chi connectivity index (χ3v) is 2.72. The summed E-state index contributed by atoms with van der Waals surface area (Å²) in [5.41, 5.74) is 1.13. The summed E-state index contributed by atoms with van der Waals surface area (Å²) in [4.78, 5) is 23.4. The summed E-state index contributed by atoms with van der Waals surface area (Å²) >= 11 is 0. The van der Waals surface area contributed by atoms with Crippen molar-refractivity contribution in [1.29, 1.82) is 0 Å². The number of nitrogens with zero attached hydrogens (tertiary/aromatic N) is 2. The molecule has 2 aromatic rings. The zero-order valence-electron chi connectivity index (χ0n) is 11.6. The minimum absolute atomic E-state index is 0.0422. The van der Waals surface area contributed by atoms with Crippen LogP contribution in [0.3, 0.4) is 0 Å². The zero-order chi connectivity index (χ0) is 14.5. The molecule has 20 heavy (non-hydrogen) atoms. The van der Waals surface area contributed by atoms with Gasteiger partial charge in [0, 0.05) is 12.7 Å². The number of amides is 2. The first-order chi connectivity index (χ1) is 9.56. The van der Waals surface area contributed by atoms with Crippen molar-refractivity contribution in [2.45, 2.75) is 13.8 Å². The van der Waals surface area contributed by atoms with Crippen LogP contribution in [0.4, 0.5) is 0 Å². The number of rotatable bonds is 5. The molecule has 0 saturated heterocycles. The molecule has 0 spiro atoms. The van der Waals surface area contributed by atoms with Gasteiger partial charge in [-0.05, 0) is 24.1 Å². The van der Waals surface area contributed by atoms with E-state index in [4.69, 9.17) is 0 Å². The molecule has 0 atom stereocenters. The Labute approximate surface area is 117 Å². The SMILES string of the molecule is CC(C)CNC(=O)CNC(=O)c1cc2ccccn2n1. The summed E-state index contributed by atoms with van der Waals surface area (Å²) in [6.45, 7) is 4.58. The average molecular weight is 274 g/mol. The molecular weight excluding hydrogens is 256 g/mol. The first-order valence-electron chi connectivity index (χ1n) is 6.55. The molecule has 2 rings (SSSR count). The van der Waals surface area contributed by atoms with Crippen molar-refractivity contribution in [2.75, 3.05) is 13.1 Å². The van der Waals surface area contributed by atoms with Gasteiger partial charge in [0.1, 0.15) is 0 Å². The third-order valence-electron chi connectivity index (χ3n) is 2.72. The van der Waals surface area contributed by atoms with E-state index in [9.17, 15) is 9.59 Å². The number of pyridine rings is 1. The van der Waals surface area contributed by atoms with Crippen LogP contribution in [0.25, 0.3) is 5.52 Å². The van der Waals surface area contributed by atoms with E-state index in [1.54, 1.807) is 16.8 Å². The predicted octanol–water partition coefficient (Wildman–Crippen LogP) is 0.836. The van der Waals surface area contributed by atoms with E-state index in [1.165, 1.54) is 0 Å². The molecule has 0 aromatic carbocycles.